The number of thioether (sulfide) groups is 1. The van der Waals surface area contributed by atoms with Crippen LogP contribution in [0.2, 0.25) is 0 Å². The Labute approximate surface area is 222 Å². The quantitative estimate of drug-likeness (QED) is 0.124. The van der Waals surface area contributed by atoms with Gasteiger partial charge in [0.05, 0.1) is 4.92 Å². The zero-order valence-electron chi connectivity index (χ0n) is 19.3. The second-order valence-electron chi connectivity index (χ2n) is 7.86. The number of nitro benzene ring substituents is 1. The van der Waals surface area contributed by atoms with Crippen molar-refractivity contribution in [1.82, 2.24) is 14.8 Å². The molecule has 10 nitrogen and oxygen atoms in total. The fourth-order valence-corrected chi connectivity index (χ4v) is 5.16. The highest BCUT2D eigenvalue weighted by molar-refractivity contribution is 9.10. The van der Waals surface area contributed by atoms with Crippen LogP contribution in [0.1, 0.15) is 22.2 Å². The van der Waals surface area contributed by atoms with Gasteiger partial charge in [0.15, 0.2) is 5.16 Å². The first-order chi connectivity index (χ1) is 17.7. The largest absolute Gasteiger partial charge is 0.489 e. The van der Waals surface area contributed by atoms with Gasteiger partial charge in [0.2, 0.25) is 6.54 Å². The monoisotopic (exact) mass is 587 g/mol. The van der Waals surface area contributed by atoms with Crippen molar-refractivity contribution < 1.29 is 19.0 Å². The van der Waals surface area contributed by atoms with Crippen LogP contribution in [0.15, 0.2) is 76.4 Å². The fourth-order valence-electron chi connectivity index (χ4n) is 3.59. The molecule has 4 aromatic rings. The van der Waals surface area contributed by atoms with Crippen molar-refractivity contribution in [3.63, 3.8) is 0 Å². The number of benzene rings is 3. The Morgan fingerprint density at radius 2 is 1.84 bits per heavy atom. The second kappa shape index (κ2) is 11.5. The summed E-state index contributed by atoms with van der Waals surface area (Å²) in [5, 5.41) is 30.7. The lowest BCUT2D eigenvalue weighted by atomic mass is 10.1. The zero-order chi connectivity index (χ0) is 26.5. The summed E-state index contributed by atoms with van der Waals surface area (Å²) in [6.07, 6.45) is 0. The van der Waals surface area contributed by atoms with Crippen molar-refractivity contribution in [1.29, 1.82) is 0 Å². The number of nitro groups is 2. The molecule has 1 aromatic heterocycles. The van der Waals surface area contributed by atoms with Gasteiger partial charge in [0, 0.05) is 32.8 Å². The standard InChI is InChI=1S/C24H19BrFN5O5S/c1-15-27-28-24(30(15)19-8-6-18(26)7-9-19)37-23(13-29(32)33)21-12-17(25)5-10-22(21)36-14-16-3-2-4-20(11-16)31(34)35/h2-12,23H,13-14H2,1H3/t23-/m1/s1. The van der Waals surface area contributed by atoms with Crippen LogP contribution < -0.4 is 4.74 Å². The maximum atomic E-state index is 13.5. The molecule has 0 fully saturated rings. The summed E-state index contributed by atoms with van der Waals surface area (Å²) in [6, 6.07) is 17.0. The Morgan fingerprint density at radius 1 is 1.08 bits per heavy atom. The summed E-state index contributed by atoms with van der Waals surface area (Å²) < 4.78 is 21.8. The average Bonchev–Trinajstić information content (AvgIpc) is 3.23. The predicted molar refractivity (Wildman–Crippen MR) is 138 cm³/mol. The Balaban J connectivity index is 1.67. The average molecular weight is 588 g/mol. The molecule has 13 heteroatoms. The molecule has 3 aromatic carbocycles. The molecule has 1 atom stereocenters. The van der Waals surface area contributed by atoms with E-state index in [1.54, 1.807) is 54.0 Å². The van der Waals surface area contributed by atoms with Crippen LogP contribution in [0.25, 0.3) is 5.69 Å². The third-order valence-electron chi connectivity index (χ3n) is 5.28. The molecule has 0 amide bonds. The molecule has 0 radical (unpaired) electrons. The maximum absolute atomic E-state index is 13.5. The van der Waals surface area contributed by atoms with E-state index in [4.69, 9.17) is 4.74 Å². The minimum Gasteiger partial charge on any atom is -0.489 e. The minimum atomic E-state index is -0.726. The van der Waals surface area contributed by atoms with E-state index in [1.807, 2.05) is 0 Å². The lowest BCUT2D eigenvalue weighted by Crippen LogP contribution is -2.13. The fraction of sp³-hybridized carbons (Fsp3) is 0.167. The summed E-state index contributed by atoms with van der Waals surface area (Å²) in [6.45, 7) is 1.32. The number of nitrogens with zero attached hydrogens (tertiary/aromatic N) is 5. The molecule has 0 bridgehead atoms. The molecule has 0 saturated carbocycles. The third kappa shape index (κ3) is 6.49. The smallest absolute Gasteiger partial charge is 0.269 e. The molecule has 4 rings (SSSR count). The molecule has 0 N–H and O–H groups in total. The molecule has 1 heterocycles. The van der Waals surface area contributed by atoms with E-state index in [0.717, 1.165) is 11.8 Å². The highest BCUT2D eigenvalue weighted by atomic mass is 79.9. The predicted octanol–water partition coefficient (Wildman–Crippen LogP) is 6.07. The van der Waals surface area contributed by atoms with E-state index in [2.05, 4.69) is 26.1 Å². The van der Waals surface area contributed by atoms with Crippen LogP contribution >= 0.6 is 27.7 Å². The summed E-state index contributed by atoms with van der Waals surface area (Å²) in [5.41, 5.74) is 1.66. The van der Waals surface area contributed by atoms with Crippen LogP contribution in [-0.2, 0) is 6.61 Å². The summed E-state index contributed by atoms with van der Waals surface area (Å²) >= 11 is 4.55. The van der Waals surface area contributed by atoms with Crippen molar-refractivity contribution in [2.24, 2.45) is 0 Å². The van der Waals surface area contributed by atoms with Crippen LogP contribution in [0.5, 0.6) is 5.75 Å². The van der Waals surface area contributed by atoms with E-state index in [0.29, 0.717) is 38.0 Å². The van der Waals surface area contributed by atoms with Crippen molar-refractivity contribution in [3.05, 3.63) is 114 Å². The summed E-state index contributed by atoms with van der Waals surface area (Å²) in [5.74, 6) is 0.526. The van der Waals surface area contributed by atoms with Crippen LogP contribution in [-0.4, -0.2) is 31.2 Å². The van der Waals surface area contributed by atoms with Crippen LogP contribution in [0.4, 0.5) is 10.1 Å². The minimum absolute atomic E-state index is 0.0248. The van der Waals surface area contributed by atoms with Gasteiger partial charge in [-0.05, 0) is 55.0 Å². The van der Waals surface area contributed by atoms with E-state index in [9.17, 15) is 24.6 Å². The van der Waals surface area contributed by atoms with Crippen LogP contribution in [0, 0.1) is 33.0 Å². The van der Waals surface area contributed by atoms with Crippen molar-refractivity contribution in [2.45, 2.75) is 23.9 Å². The van der Waals surface area contributed by atoms with Crippen molar-refractivity contribution in [2.75, 3.05) is 6.54 Å². The number of aryl methyl sites for hydroxylation is 1. The van der Waals surface area contributed by atoms with E-state index < -0.39 is 27.5 Å². The van der Waals surface area contributed by atoms with E-state index >= 15 is 0 Å². The van der Waals surface area contributed by atoms with Gasteiger partial charge >= 0.3 is 0 Å². The first-order valence-electron chi connectivity index (χ1n) is 10.8. The van der Waals surface area contributed by atoms with Gasteiger partial charge in [-0.15, -0.1) is 10.2 Å². The Bertz CT molecular complexity index is 1450. The first kappa shape index (κ1) is 26.2. The molecule has 0 aliphatic carbocycles. The van der Waals surface area contributed by atoms with Gasteiger partial charge in [-0.2, -0.15) is 0 Å². The molecule has 0 aliphatic rings. The SMILES string of the molecule is Cc1nnc(S[C@H](C[N+](=O)[O-])c2cc(Br)ccc2OCc2cccc([N+](=O)[O-])c2)n1-c1ccc(F)cc1. The number of rotatable bonds is 10. The number of ether oxygens (including phenoxy) is 1. The Morgan fingerprint density at radius 3 is 2.54 bits per heavy atom. The highest BCUT2D eigenvalue weighted by Crippen LogP contribution is 2.41. The maximum Gasteiger partial charge on any atom is 0.269 e. The number of halogens is 2. The van der Waals surface area contributed by atoms with Crippen molar-refractivity contribution >= 4 is 33.4 Å². The Kier molecular flexibility index (Phi) is 8.14. The number of hydrogen-bond donors (Lipinski definition) is 0. The normalized spacial score (nSPS) is 11.8. The summed E-state index contributed by atoms with van der Waals surface area (Å²) in [4.78, 5) is 21.8. The number of hydrogen-bond acceptors (Lipinski definition) is 8. The van der Waals surface area contributed by atoms with Crippen LogP contribution in [0.3, 0.4) is 0 Å². The highest BCUT2D eigenvalue weighted by Gasteiger charge is 2.27. The first-order valence-corrected chi connectivity index (χ1v) is 12.5. The zero-order valence-corrected chi connectivity index (χ0v) is 21.7. The van der Waals surface area contributed by atoms with Gasteiger partial charge in [-0.1, -0.05) is 39.8 Å². The molecular weight excluding hydrogens is 569 g/mol. The Hall–Kier alpha value is -3.84. The third-order valence-corrected chi connectivity index (χ3v) is 6.93. The molecule has 190 valence electrons. The van der Waals surface area contributed by atoms with Gasteiger partial charge in [-0.3, -0.25) is 24.8 Å². The topological polar surface area (TPSA) is 126 Å². The van der Waals surface area contributed by atoms with Crippen molar-refractivity contribution in [3.8, 4) is 11.4 Å². The van der Waals surface area contributed by atoms with Gasteiger partial charge in [0.1, 0.15) is 29.2 Å². The van der Waals surface area contributed by atoms with Gasteiger partial charge < -0.3 is 4.74 Å². The lowest BCUT2D eigenvalue weighted by Gasteiger charge is -2.18. The number of aromatic nitrogens is 3. The second-order valence-corrected chi connectivity index (χ2v) is 9.95. The molecule has 0 unspecified atom stereocenters. The van der Waals surface area contributed by atoms with E-state index in [-0.39, 0.29) is 12.3 Å². The number of non-ortho nitro benzene ring substituents is 1. The molecule has 0 spiro atoms. The lowest BCUT2D eigenvalue weighted by molar-refractivity contribution is -0.479. The van der Waals surface area contributed by atoms with Gasteiger partial charge in [0.25, 0.3) is 5.69 Å². The summed E-state index contributed by atoms with van der Waals surface area (Å²) in [7, 11) is 0. The van der Waals surface area contributed by atoms with Gasteiger partial charge in [-0.25, -0.2) is 4.39 Å². The molecular formula is C24H19BrFN5O5S. The molecule has 0 aliphatic heterocycles. The molecule has 37 heavy (non-hydrogen) atoms. The molecule has 0 saturated heterocycles. The van der Waals surface area contributed by atoms with E-state index in [1.165, 1.54) is 24.3 Å².